The lowest BCUT2D eigenvalue weighted by atomic mass is 9.80. The highest BCUT2D eigenvalue weighted by Crippen LogP contribution is 2.33. The molecule has 59 heavy (non-hydrogen) atoms. The number of nitrogens with zero attached hydrogens (tertiary/aromatic N) is 2. The second-order valence-corrected chi connectivity index (χ2v) is 24.8. The van der Waals surface area contributed by atoms with Gasteiger partial charge in [0, 0.05) is 16.5 Å². The van der Waals surface area contributed by atoms with Gasteiger partial charge in [-0.3, -0.25) is 0 Å². The van der Waals surface area contributed by atoms with Crippen molar-refractivity contribution < 1.29 is 4.39 Å². The van der Waals surface area contributed by atoms with Crippen LogP contribution in [0.25, 0.3) is 0 Å². The molecular formula is C55H88FN3. The summed E-state index contributed by atoms with van der Waals surface area (Å²) >= 11 is 0. The Hall–Kier alpha value is -3.53. The van der Waals surface area contributed by atoms with Gasteiger partial charge < -0.3 is 5.73 Å². The predicted molar refractivity (Wildman–Crippen MR) is 260 cm³/mol. The molecule has 0 spiro atoms. The molecule has 2 N–H and O–H groups in total. The molecule has 0 unspecified atom stereocenters. The predicted octanol–water partition coefficient (Wildman–Crippen LogP) is 15.9. The number of anilines is 1. The largest absolute Gasteiger partial charge is 0.398 e. The Morgan fingerprint density at radius 3 is 0.915 bits per heavy atom. The molecule has 0 aliphatic heterocycles. The molecule has 0 saturated carbocycles. The van der Waals surface area contributed by atoms with Crippen LogP contribution in [0.2, 0.25) is 0 Å². The van der Waals surface area contributed by atoms with Gasteiger partial charge in [-0.05, 0) is 103 Å². The first-order chi connectivity index (χ1) is 26.1. The smallest absolute Gasteiger partial charge is 0.127 e. The normalized spacial score (nSPS) is 13.0. The summed E-state index contributed by atoms with van der Waals surface area (Å²) < 4.78 is 13.9. The van der Waals surface area contributed by atoms with E-state index in [-0.39, 0.29) is 49.1 Å². The quantitative estimate of drug-likeness (QED) is 0.180. The van der Waals surface area contributed by atoms with Gasteiger partial charge in [0.05, 0.1) is 11.4 Å². The first-order valence-corrected chi connectivity index (χ1v) is 21.7. The number of halogens is 1. The molecule has 0 aliphatic rings. The molecule has 0 aliphatic carbocycles. The van der Waals surface area contributed by atoms with Gasteiger partial charge in [-0.1, -0.05) is 209 Å². The lowest BCUT2D eigenvalue weighted by molar-refractivity contribution is 0.513. The fraction of sp³-hybridized carbons (Fsp3) is 0.600. The third-order valence-electron chi connectivity index (χ3n) is 10.5. The Labute approximate surface area is 364 Å². The minimum atomic E-state index is -0.125. The van der Waals surface area contributed by atoms with Gasteiger partial charge in [0.25, 0.3) is 0 Å². The monoisotopic (exact) mass is 810 g/mol. The first kappa shape index (κ1) is 53.5. The summed E-state index contributed by atoms with van der Waals surface area (Å²) in [5.74, 6) is -0.0880. The number of nitrogens with two attached hydrogens (primary N) is 1. The van der Waals surface area contributed by atoms with Crippen molar-refractivity contribution in [2.75, 3.05) is 5.73 Å². The van der Waals surface area contributed by atoms with E-state index in [0.29, 0.717) is 0 Å². The highest BCUT2D eigenvalue weighted by Gasteiger charge is 2.24. The van der Waals surface area contributed by atoms with E-state index in [0.717, 1.165) is 28.2 Å². The van der Waals surface area contributed by atoms with E-state index in [2.05, 4.69) is 211 Å². The number of nitrogen functional groups attached to an aromatic ring is 1. The van der Waals surface area contributed by atoms with Gasteiger partial charge in [0.1, 0.15) is 5.82 Å². The Bertz CT molecular complexity index is 1720. The molecule has 1 aromatic heterocycles. The van der Waals surface area contributed by atoms with Crippen molar-refractivity contribution in [1.82, 2.24) is 10.2 Å². The zero-order chi connectivity index (χ0) is 46.5. The summed E-state index contributed by atoms with van der Waals surface area (Å²) in [5.41, 5.74) is 18.6. The Kier molecular flexibility index (Phi) is 17.2. The molecule has 3 nitrogen and oxygen atoms in total. The molecule has 3 aromatic carbocycles. The lowest BCUT2D eigenvalue weighted by Crippen LogP contribution is -2.18. The SMILES string of the molecule is CC(C)(C)c1ccc(C(C)(C)C)c(F)c1.CC(C)(C)c1ccc(C(C)(C)C)c(N)c1.CC(C)(C)c1ccc(C(C)(C)C)nn1.Cc1cc(C(C)(C)C)ccc1C(C)(C)C. The number of aromatic nitrogens is 2. The molecule has 0 atom stereocenters. The van der Waals surface area contributed by atoms with E-state index in [1.165, 1.54) is 27.8 Å². The fourth-order valence-electron chi connectivity index (χ4n) is 6.41. The number of rotatable bonds is 0. The van der Waals surface area contributed by atoms with Crippen LogP contribution in [0.15, 0.2) is 66.7 Å². The maximum atomic E-state index is 13.9. The topological polar surface area (TPSA) is 51.8 Å². The number of hydrogen-bond acceptors (Lipinski definition) is 3. The molecule has 0 radical (unpaired) electrons. The average molecular weight is 810 g/mol. The highest BCUT2D eigenvalue weighted by molar-refractivity contribution is 5.53. The second kappa shape index (κ2) is 19.0. The third-order valence-corrected chi connectivity index (χ3v) is 10.5. The number of hydrogen-bond donors (Lipinski definition) is 1. The number of aryl methyl sites for hydroxylation is 1. The Morgan fingerprint density at radius 1 is 0.356 bits per heavy atom. The van der Waals surface area contributed by atoms with E-state index in [4.69, 9.17) is 5.73 Å². The lowest BCUT2D eigenvalue weighted by Gasteiger charge is -2.25. The molecule has 4 heteroatoms. The zero-order valence-electron chi connectivity index (χ0n) is 42.7. The van der Waals surface area contributed by atoms with Crippen LogP contribution >= 0.6 is 0 Å². The van der Waals surface area contributed by atoms with Crippen LogP contribution in [0.4, 0.5) is 10.1 Å². The molecule has 0 saturated heterocycles. The minimum absolute atomic E-state index is 0.0112. The summed E-state index contributed by atoms with van der Waals surface area (Å²) in [6.07, 6.45) is 0. The third kappa shape index (κ3) is 17.2. The van der Waals surface area contributed by atoms with E-state index >= 15 is 0 Å². The van der Waals surface area contributed by atoms with Crippen LogP contribution in [0, 0.1) is 12.7 Å². The van der Waals surface area contributed by atoms with Crippen LogP contribution in [0.1, 0.15) is 217 Å². The van der Waals surface area contributed by atoms with Gasteiger partial charge in [-0.2, -0.15) is 10.2 Å². The van der Waals surface area contributed by atoms with Crippen LogP contribution in [0.3, 0.4) is 0 Å². The molecule has 0 fully saturated rings. The molecule has 4 rings (SSSR count). The molecule has 330 valence electrons. The fourth-order valence-corrected chi connectivity index (χ4v) is 6.41. The van der Waals surface area contributed by atoms with Crippen molar-refractivity contribution >= 4 is 5.69 Å². The van der Waals surface area contributed by atoms with E-state index in [1.54, 1.807) is 6.07 Å². The van der Waals surface area contributed by atoms with E-state index < -0.39 is 0 Å². The summed E-state index contributed by atoms with van der Waals surface area (Å²) in [6, 6.07) is 23.1. The number of benzene rings is 3. The summed E-state index contributed by atoms with van der Waals surface area (Å²) in [4.78, 5) is 0. The van der Waals surface area contributed by atoms with Crippen molar-refractivity contribution in [3.8, 4) is 0 Å². The summed E-state index contributed by atoms with van der Waals surface area (Å²) in [7, 11) is 0. The molecule has 1 heterocycles. The Balaban J connectivity index is 0.000000393. The van der Waals surface area contributed by atoms with E-state index in [9.17, 15) is 4.39 Å². The Morgan fingerprint density at radius 2 is 0.661 bits per heavy atom. The van der Waals surface area contributed by atoms with Gasteiger partial charge in [-0.25, -0.2) is 4.39 Å². The van der Waals surface area contributed by atoms with Crippen molar-refractivity contribution in [1.29, 1.82) is 0 Å². The van der Waals surface area contributed by atoms with Gasteiger partial charge in [0.15, 0.2) is 0 Å². The summed E-state index contributed by atoms with van der Waals surface area (Å²) in [5, 5.41) is 8.53. The van der Waals surface area contributed by atoms with Gasteiger partial charge >= 0.3 is 0 Å². The summed E-state index contributed by atoms with van der Waals surface area (Å²) in [6.45, 7) is 54.3. The first-order valence-electron chi connectivity index (χ1n) is 21.7. The molecule has 0 bridgehead atoms. The molecule has 0 amide bonds. The minimum Gasteiger partial charge on any atom is -0.398 e. The van der Waals surface area contributed by atoms with Crippen molar-refractivity contribution in [2.24, 2.45) is 0 Å². The average Bonchev–Trinajstić information content (AvgIpc) is 3.02. The van der Waals surface area contributed by atoms with Gasteiger partial charge in [0.2, 0.25) is 0 Å². The zero-order valence-corrected chi connectivity index (χ0v) is 42.7. The second-order valence-electron chi connectivity index (χ2n) is 24.8. The van der Waals surface area contributed by atoms with Crippen molar-refractivity contribution in [3.63, 3.8) is 0 Å². The molecular weight excluding hydrogens is 722 g/mol. The standard InChI is InChI=1S/C15H24.C14H21F.C14H23N.C12H20N2/c1-11-10-12(14(2,3)4)8-9-13(11)15(5,6)7;2*1-13(2,3)10-7-8-11(12(15)9-10)14(4,5)6;1-11(2,3)9-7-8-10(14-13-9)12(4,5)6/h8-10H,1-7H3;7-9H,1-6H3;7-9H,15H2,1-6H3;7-8H,1-6H3. The van der Waals surface area contributed by atoms with E-state index in [1.807, 2.05) is 32.9 Å². The van der Waals surface area contributed by atoms with Gasteiger partial charge in [-0.15, -0.1) is 0 Å². The van der Waals surface area contributed by atoms with Crippen molar-refractivity contribution in [3.05, 3.63) is 123 Å². The van der Waals surface area contributed by atoms with Crippen LogP contribution in [0.5, 0.6) is 0 Å². The maximum Gasteiger partial charge on any atom is 0.127 e. The van der Waals surface area contributed by atoms with Crippen LogP contribution in [-0.4, -0.2) is 10.2 Å². The van der Waals surface area contributed by atoms with Crippen LogP contribution < -0.4 is 5.73 Å². The molecule has 4 aromatic rings. The van der Waals surface area contributed by atoms with Crippen LogP contribution in [-0.2, 0) is 43.3 Å². The highest BCUT2D eigenvalue weighted by atomic mass is 19.1. The van der Waals surface area contributed by atoms with Crippen molar-refractivity contribution in [2.45, 2.75) is 216 Å². The maximum absolute atomic E-state index is 13.9.